The summed E-state index contributed by atoms with van der Waals surface area (Å²) in [6, 6.07) is 0. The highest BCUT2D eigenvalue weighted by Gasteiger charge is 2.33. The smallest absolute Gasteiger partial charge is 0.393 e. The van der Waals surface area contributed by atoms with E-state index < -0.39 is 8.10 Å². The van der Waals surface area contributed by atoms with Gasteiger partial charge in [-0.05, 0) is 23.6 Å². The molecule has 0 aliphatic carbocycles. The van der Waals surface area contributed by atoms with Gasteiger partial charge in [-0.1, -0.05) is 74.3 Å². The summed E-state index contributed by atoms with van der Waals surface area (Å²) in [5.41, 5.74) is 8.80. The first-order chi connectivity index (χ1) is 13.9. The Morgan fingerprint density at radius 3 is 1.31 bits per heavy atom. The zero-order valence-corrected chi connectivity index (χ0v) is 18.6. The molecule has 0 radical (unpaired) electrons. The van der Waals surface area contributed by atoms with Crippen molar-refractivity contribution in [2.24, 2.45) is 11.0 Å². The van der Waals surface area contributed by atoms with Crippen molar-refractivity contribution < 1.29 is 38.2 Å². The Kier molecular flexibility index (Phi) is 58.2. The molecule has 39 heavy (non-hydrogen) atoms. The van der Waals surface area contributed by atoms with Gasteiger partial charge in [0.25, 0.3) is 0 Å². The lowest BCUT2D eigenvalue weighted by molar-refractivity contribution is 0.124. The van der Waals surface area contributed by atoms with Gasteiger partial charge in [0.2, 0.25) is 0 Å². The molecule has 4 aliphatic rings. The van der Waals surface area contributed by atoms with Gasteiger partial charge in [0.15, 0.2) is 0 Å². The number of ether oxygens (including phenoxy) is 4. The molecule has 0 saturated carbocycles. The lowest BCUT2D eigenvalue weighted by atomic mass is 10.1. The van der Waals surface area contributed by atoms with Crippen molar-refractivity contribution in [3.8, 4) is 0 Å². The third-order valence-electron chi connectivity index (χ3n) is 4.44. The maximum absolute atomic E-state index is 9.63. The fraction of sp³-hybridized carbons (Fsp3) is 1.00. The third-order valence-corrected chi connectivity index (χ3v) is 5.34. The third kappa shape index (κ3) is 45.4. The Morgan fingerprint density at radius 1 is 0.692 bits per heavy atom. The van der Waals surface area contributed by atoms with Crippen LogP contribution in [0.1, 0.15) is 106 Å². The number of hydrogen-bond donors (Lipinski definition) is 4. The minimum atomic E-state index is -1.87. The van der Waals surface area contributed by atoms with Gasteiger partial charge in [-0.25, -0.2) is 0 Å². The number of epoxide rings is 4. The molecule has 6 N–H and O–H groups in total. The molecule has 10 nitrogen and oxygen atoms in total. The lowest BCUT2D eigenvalue weighted by Crippen LogP contribution is -2.12. The van der Waals surface area contributed by atoms with Gasteiger partial charge < -0.3 is 33.7 Å². The highest BCUT2D eigenvalue weighted by Crippen LogP contribution is 2.24. The van der Waals surface area contributed by atoms with Crippen molar-refractivity contribution in [1.82, 2.24) is 0 Å². The molecular formula is C27H75N2O8P2+. The van der Waals surface area contributed by atoms with E-state index in [2.05, 4.69) is 11.0 Å². The van der Waals surface area contributed by atoms with Crippen molar-refractivity contribution in [1.29, 1.82) is 0 Å². The number of nitrogens with two attached hydrogens (primary N) is 2. The SMILES string of the molecule is C.C.C.C.C.C.C.C.C.C.C1OC1CC1CO1.N[P+](N)=O.OC(CCOPCCC(O)CC1CO1)CC1CO1. The molecule has 0 aromatic rings. The van der Waals surface area contributed by atoms with E-state index in [1.165, 1.54) is 0 Å². The van der Waals surface area contributed by atoms with Crippen molar-refractivity contribution in [2.75, 3.05) is 39.2 Å². The summed E-state index contributed by atoms with van der Waals surface area (Å²) >= 11 is 0. The maximum atomic E-state index is 9.63. The number of aliphatic hydroxyl groups excluding tert-OH is 2. The molecule has 250 valence electrons. The van der Waals surface area contributed by atoms with E-state index in [-0.39, 0.29) is 92.6 Å². The second-order valence-electron chi connectivity index (χ2n) is 7.52. The summed E-state index contributed by atoms with van der Waals surface area (Å²) in [6.07, 6.45) is 6.09. The first kappa shape index (κ1) is 62.7. The first-order valence-corrected chi connectivity index (χ1v) is 12.6. The average molecular weight is 618 g/mol. The summed E-state index contributed by atoms with van der Waals surface area (Å²) < 4.78 is 34.7. The Morgan fingerprint density at radius 2 is 1.00 bits per heavy atom. The summed E-state index contributed by atoms with van der Waals surface area (Å²) in [6.45, 7) is 4.13. The summed E-state index contributed by atoms with van der Waals surface area (Å²) in [4.78, 5) is 0. The minimum Gasteiger partial charge on any atom is -0.393 e. The Hall–Kier alpha value is 0.170. The lowest BCUT2D eigenvalue weighted by Gasteiger charge is -2.10. The highest BCUT2D eigenvalue weighted by molar-refractivity contribution is 7.39. The van der Waals surface area contributed by atoms with E-state index in [4.69, 9.17) is 28.0 Å². The molecule has 4 aliphatic heterocycles. The predicted octanol–water partition coefficient (Wildman–Crippen LogP) is 6.77. The zero-order chi connectivity index (χ0) is 21.1. The van der Waals surface area contributed by atoms with E-state index in [0.717, 1.165) is 58.3 Å². The zero-order valence-electron chi connectivity index (χ0n) is 16.7. The van der Waals surface area contributed by atoms with Crippen LogP contribution in [0.4, 0.5) is 0 Å². The summed E-state index contributed by atoms with van der Waals surface area (Å²) in [5, 5.41) is 19.2. The molecule has 0 aromatic carbocycles. The van der Waals surface area contributed by atoms with Crippen LogP contribution in [0.15, 0.2) is 0 Å². The van der Waals surface area contributed by atoms with Crippen LogP contribution in [0, 0.1) is 0 Å². The quantitative estimate of drug-likeness (QED) is 0.0982. The topological polar surface area (TPSA) is 169 Å². The number of hydrogen-bond acceptors (Lipinski definition) is 8. The molecule has 0 aromatic heterocycles. The van der Waals surface area contributed by atoms with E-state index in [1.54, 1.807) is 0 Å². The molecule has 7 atom stereocenters. The van der Waals surface area contributed by atoms with Gasteiger partial charge >= 0.3 is 8.10 Å². The molecule has 4 rings (SSSR count). The predicted molar refractivity (Wildman–Crippen MR) is 176 cm³/mol. The molecular weight excluding hydrogens is 542 g/mol. The van der Waals surface area contributed by atoms with Crippen LogP contribution in [0.2, 0.25) is 0 Å². The summed E-state index contributed by atoms with van der Waals surface area (Å²) in [5.74, 6) is 0. The van der Waals surface area contributed by atoms with Crippen molar-refractivity contribution in [3.05, 3.63) is 0 Å². The fourth-order valence-electron chi connectivity index (χ4n) is 2.52. The molecule has 0 spiro atoms. The van der Waals surface area contributed by atoms with Crippen LogP contribution in [-0.2, 0) is 28.0 Å². The Labute approximate surface area is 248 Å². The number of rotatable bonds is 13. The largest absolute Gasteiger partial charge is 0.526 e. The molecule has 7 unspecified atom stereocenters. The van der Waals surface area contributed by atoms with Gasteiger partial charge in [0, 0.05) is 28.1 Å². The van der Waals surface area contributed by atoms with Gasteiger partial charge in [-0.3, -0.25) is 0 Å². The van der Waals surface area contributed by atoms with Crippen LogP contribution >= 0.6 is 16.9 Å². The van der Waals surface area contributed by atoms with Crippen molar-refractivity contribution >= 4 is 16.9 Å². The average Bonchev–Trinajstić information content (AvgIpc) is 3.48. The minimum absolute atomic E-state index is 0. The van der Waals surface area contributed by atoms with E-state index in [0.29, 0.717) is 40.1 Å². The second-order valence-corrected chi connectivity index (χ2v) is 9.31. The van der Waals surface area contributed by atoms with Gasteiger partial charge in [-0.15, -0.1) is 11.0 Å². The van der Waals surface area contributed by atoms with Crippen LogP contribution in [-0.4, -0.2) is 86.0 Å². The van der Waals surface area contributed by atoms with Gasteiger partial charge in [-0.2, -0.15) is 0 Å². The standard InChI is InChI=1S/C12H23O5P.C5H8O2.10CH4.H4N2OP/c13-9(5-11-7-15-11)1-3-17-18-4-2-10(14)6-12-8-16-12;1(4-2-6-4)5-3-7-5;;;;;;;;;;;1-4(2)3/h9-14,18H,1-8H2;4-5H,1-3H2;10*1H4;(H4,1,2,3)/q;;;;;;;;;;;;+1. The molecule has 12 heteroatoms. The number of aliphatic hydroxyl groups is 2. The van der Waals surface area contributed by atoms with E-state index >= 15 is 0 Å². The molecule has 0 bridgehead atoms. The van der Waals surface area contributed by atoms with Gasteiger partial charge in [0.1, 0.15) is 0 Å². The maximum Gasteiger partial charge on any atom is 0.526 e. The molecule has 4 fully saturated rings. The normalized spacial score (nSPS) is 22.7. The Balaban J connectivity index is -0.0000000532. The van der Waals surface area contributed by atoms with Crippen LogP contribution in [0.5, 0.6) is 0 Å². The Bertz CT molecular complexity index is 431. The first-order valence-electron chi connectivity index (χ1n) is 10.1. The van der Waals surface area contributed by atoms with E-state index in [1.807, 2.05) is 0 Å². The van der Waals surface area contributed by atoms with Gasteiger partial charge in [0.05, 0.1) is 69.7 Å². The van der Waals surface area contributed by atoms with Crippen LogP contribution in [0.25, 0.3) is 0 Å². The monoisotopic (exact) mass is 617 g/mol. The molecule has 4 saturated heterocycles. The van der Waals surface area contributed by atoms with Crippen LogP contribution in [0.3, 0.4) is 0 Å². The van der Waals surface area contributed by atoms with Crippen molar-refractivity contribution in [2.45, 2.75) is 143 Å². The fourth-order valence-corrected chi connectivity index (χ4v) is 3.37. The van der Waals surface area contributed by atoms with Crippen molar-refractivity contribution in [3.63, 3.8) is 0 Å². The second kappa shape index (κ2) is 36.2. The van der Waals surface area contributed by atoms with Crippen LogP contribution < -0.4 is 11.0 Å². The summed E-state index contributed by atoms with van der Waals surface area (Å²) in [7, 11) is -1.46. The molecule has 4 heterocycles. The molecule has 0 amide bonds. The van der Waals surface area contributed by atoms with E-state index in [9.17, 15) is 10.2 Å². The highest BCUT2D eigenvalue weighted by atomic mass is 31.1.